The van der Waals surface area contributed by atoms with E-state index < -0.39 is 0 Å². The van der Waals surface area contributed by atoms with E-state index >= 15 is 0 Å². The van der Waals surface area contributed by atoms with Gasteiger partial charge in [-0.3, -0.25) is 4.79 Å². The summed E-state index contributed by atoms with van der Waals surface area (Å²) >= 11 is 12.4. The van der Waals surface area contributed by atoms with Gasteiger partial charge >= 0.3 is 0 Å². The number of carbonyl (C=O) groups is 1. The topological polar surface area (TPSA) is 39.3 Å². The highest BCUT2D eigenvalue weighted by Crippen LogP contribution is 2.33. The summed E-state index contributed by atoms with van der Waals surface area (Å²) in [4.78, 5) is 20.1. The molecule has 27 heavy (non-hydrogen) atoms. The Bertz CT molecular complexity index is 961. The zero-order valence-corrected chi connectivity index (χ0v) is 16.4. The average Bonchev–Trinajstić information content (AvgIpc) is 3.12. The van der Waals surface area contributed by atoms with Gasteiger partial charge in [0.05, 0.1) is 15.7 Å². The third-order valence-corrected chi connectivity index (χ3v) is 6.00. The van der Waals surface area contributed by atoms with E-state index in [-0.39, 0.29) is 5.91 Å². The van der Waals surface area contributed by atoms with Crippen LogP contribution < -0.4 is 4.90 Å². The van der Waals surface area contributed by atoms with E-state index in [1.165, 1.54) is 10.9 Å². The van der Waals surface area contributed by atoms with Crippen LogP contribution in [-0.2, 0) is 11.2 Å². The first kappa shape index (κ1) is 18.2. The Labute approximate surface area is 168 Å². The minimum Gasteiger partial charge on any atom is -0.367 e. The van der Waals surface area contributed by atoms with E-state index in [1.807, 2.05) is 35.4 Å². The smallest absolute Gasteiger partial charge is 0.223 e. The van der Waals surface area contributed by atoms with E-state index in [4.69, 9.17) is 23.2 Å². The van der Waals surface area contributed by atoms with E-state index in [9.17, 15) is 4.79 Å². The predicted molar refractivity (Wildman–Crippen MR) is 112 cm³/mol. The Hall–Kier alpha value is -2.17. The first-order chi connectivity index (χ1) is 13.1. The van der Waals surface area contributed by atoms with E-state index in [0.29, 0.717) is 29.6 Å². The Balaban J connectivity index is 1.34. The molecule has 2 heterocycles. The first-order valence-corrected chi connectivity index (χ1v) is 9.91. The number of aromatic nitrogens is 1. The van der Waals surface area contributed by atoms with Crippen LogP contribution in [-0.4, -0.2) is 42.0 Å². The molecular formula is C21H21Cl2N3O. The summed E-state index contributed by atoms with van der Waals surface area (Å²) < 4.78 is 0. The molecular weight excluding hydrogens is 381 g/mol. The number of nitrogens with zero attached hydrogens (tertiary/aromatic N) is 2. The molecule has 140 valence electrons. The van der Waals surface area contributed by atoms with E-state index in [1.54, 1.807) is 6.07 Å². The van der Waals surface area contributed by atoms with E-state index in [0.717, 1.165) is 30.7 Å². The molecule has 2 aromatic carbocycles. The molecule has 1 amide bonds. The lowest BCUT2D eigenvalue weighted by Gasteiger charge is -2.36. The fourth-order valence-electron chi connectivity index (χ4n) is 3.67. The Morgan fingerprint density at radius 2 is 1.78 bits per heavy atom. The van der Waals surface area contributed by atoms with Crippen LogP contribution in [0, 0.1) is 0 Å². The Morgan fingerprint density at radius 1 is 1.00 bits per heavy atom. The second-order valence-electron chi connectivity index (χ2n) is 6.80. The minimum atomic E-state index is 0.206. The van der Waals surface area contributed by atoms with Crippen molar-refractivity contribution in [3.05, 3.63) is 64.3 Å². The normalized spacial score (nSPS) is 14.7. The molecule has 1 N–H and O–H groups in total. The van der Waals surface area contributed by atoms with Crippen LogP contribution in [0.5, 0.6) is 0 Å². The van der Waals surface area contributed by atoms with Crippen LogP contribution in [0.25, 0.3) is 10.9 Å². The number of fused-ring (bicyclic) bond motifs is 1. The number of halogens is 2. The van der Waals surface area contributed by atoms with Crippen LogP contribution in [0.3, 0.4) is 0 Å². The third kappa shape index (κ3) is 3.78. The molecule has 1 aliphatic rings. The van der Waals surface area contributed by atoms with Gasteiger partial charge in [0.1, 0.15) is 0 Å². The van der Waals surface area contributed by atoms with Gasteiger partial charge in [0.15, 0.2) is 0 Å². The van der Waals surface area contributed by atoms with Crippen LogP contribution >= 0.6 is 23.2 Å². The third-order valence-electron chi connectivity index (χ3n) is 5.19. The largest absolute Gasteiger partial charge is 0.367 e. The maximum atomic E-state index is 12.6. The lowest BCUT2D eigenvalue weighted by atomic mass is 10.1. The molecule has 0 atom stereocenters. The summed E-state index contributed by atoms with van der Waals surface area (Å²) in [6.45, 7) is 2.93. The predicted octanol–water partition coefficient (Wildman–Crippen LogP) is 4.76. The highest BCUT2D eigenvalue weighted by atomic mass is 35.5. The Morgan fingerprint density at radius 3 is 2.59 bits per heavy atom. The second kappa shape index (κ2) is 7.83. The minimum absolute atomic E-state index is 0.206. The van der Waals surface area contributed by atoms with Crippen LogP contribution in [0.1, 0.15) is 12.0 Å². The zero-order valence-electron chi connectivity index (χ0n) is 14.9. The summed E-state index contributed by atoms with van der Waals surface area (Å²) in [6.07, 6.45) is 3.29. The summed E-state index contributed by atoms with van der Waals surface area (Å²) in [5.41, 5.74) is 3.25. The summed E-state index contributed by atoms with van der Waals surface area (Å²) in [5, 5.41) is 2.34. The van der Waals surface area contributed by atoms with Crippen molar-refractivity contribution in [3.63, 3.8) is 0 Å². The van der Waals surface area contributed by atoms with Crippen molar-refractivity contribution in [2.45, 2.75) is 12.8 Å². The van der Waals surface area contributed by atoms with Crippen LogP contribution in [0.2, 0.25) is 10.0 Å². The fourth-order valence-corrected chi connectivity index (χ4v) is 4.09. The summed E-state index contributed by atoms with van der Waals surface area (Å²) in [6, 6.07) is 13.9. The number of nitrogens with one attached hydrogen (secondary N) is 1. The molecule has 0 unspecified atom stereocenters. The van der Waals surface area contributed by atoms with Crippen molar-refractivity contribution in [1.82, 2.24) is 9.88 Å². The number of benzene rings is 2. The number of rotatable bonds is 4. The quantitative estimate of drug-likeness (QED) is 0.684. The highest BCUT2D eigenvalue weighted by Gasteiger charge is 2.23. The number of para-hydroxylation sites is 1. The van der Waals surface area contributed by atoms with Gasteiger partial charge in [-0.05, 0) is 30.2 Å². The molecule has 1 fully saturated rings. The summed E-state index contributed by atoms with van der Waals surface area (Å²) in [5.74, 6) is 0.206. The maximum Gasteiger partial charge on any atom is 0.223 e. The molecule has 0 saturated carbocycles. The molecule has 1 saturated heterocycles. The number of aromatic amines is 1. The average molecular weight is 402 g/mol. The number of hydrogen-bond donors (Lipinski definition) is 1. The Kier molecular flexibility index (Phi) is 5.28. The van der Waals surface area contributed by atoms with Crippen molar-refractivity contribution < 1.29 is 4.79 Å². The molecule has 0 bridgehead atoms. The van der Waals surface area contributed by atoms with Gasteiger partial charge in [-0.2, -0.15) is 0 Å². The van der Waals surface area contributed by atoms with Gasteiger partial charge in [-0.15, -0.1) is 0 Å². The van der Waals surface area contributed by atoms with Gasteiger partial charge < -0.3 is 14.8 Å². The number of carbonyl (C=O) groups excluding carboxylic acids is 1. The molecule has 4 rings (SSSR count). The molecule has 0 aliphatic carbocycles. The van der Waals surface area contributed by atoms with Gasteiger partial charge in [0.2, 0.25) is 5.91 Å². The number of H-pyrrole nitrogens is 1. The molecule has 0 radical (unpaired) electrons. The van der Waals surface area contributed by atoms with Gasteiger partial charge in [-0.25, -0.2) is 0 Å². The molecule has 6 heteroatoms. The van der Waals surface area contributed by atoms with Crippen molar-refractivity contribution >= 4 is 45.7 Å². The molecule has 1 aliphatic heterocycles. The zero-order chi connectivity index (χ0) is 18.8. The monoisotopic (exact) mass is 401 g/mol. The van der Waals surface area contributed by atoms with Crippen molar-refractivity contribution in [1.29, 1.82) is 0 Å². The molecule has 4 nitrogen and oxygen atoms in total. The number of amides is 1. The van der Waals surface area contributed by atoms with Gasteiger partial charge in [0, 0.05) is 49.7 Å². The number of hydrogen-bond acceptors (Lipinski definition) is 2. The van der Waals surface area contributed by atoms with Gasteiger partial charge in [0.25, 0.3) is 0 Å². The van der Waals surface area contributed by atoms with Crippen molar-refractivity contribution in [2.24, 2.45) is 0 Å². The maximum absolute atomic E-state index is 12.6. The van der Waals surface area contributed by atoms with Crippen molar-refractivity contribution in [2.75, 3.05) is 31.1 Å². The van der Waals surface area contributed by atoms with E-state index in [2.05, 4.69) is 22.0 Å². The molecule has 1 aromatic heterocycles. The van der Waals surface area contributed by atoms with Crippen LogP contribution in [0.15, 0.2) is 48.7 Å². The highest BCUT2D eigenvalue weighted by molar-refractivity contribution is 6.43. The summed E-state index contributed by atoms with van der Waals surface area (Å²) in [7, 11) is 0. The van der Waals surface area contributed by atoms with Gasteiger partial charge in [-0.1, -0.05) is 47.5 Å². The SMILES string of the molecule is O=C(CCc1c[nH]c2ccccc12)N1CCN(c2cccc(Cl)c2Cl)CC1. The number of piperazine rings is 1. The standard InChI is InChI=1S/C21H21Cl2N3O/c22-17-5-3-7-19(21(17)23)25-10-12-26(13-11-25)20(27)9-8-15-14-24-18-6-2-1-4-16(15)18/h1-7,14,24H,8-13H2. The lowest BCUT2D eigenvalue weighted by Crippen LogP contribution is -2.49. The molecule has 0 spiro atoms. The first-order valence-electron chi connectivity index (χ1n) is 9.15. The van der Waals surface area contributed by atoms with Crippen molar-refractivity contribution in [3.8, 4) is 0 Å². The fraction of sp³-hybridized carbons (Fsp3) is 0.286. The number of aryl methyl sites for hydroxylation is 1. The molecule has 3 aromatic rings. The lowest BCUT2D eigenvalue weighted by molar-refractivity contribution is -0.131. The number of anilines is 1. The second-order valence-corrected chi connectivity index (χ2v) is 7.59. The van der Waals surface area contributed by atoms with Crippen LogP contribution in [0.4, 0.5) is 5.69 Å².